The molecule has 1 atom stereocenters. The van der Waals surface area contributed by atoms with Gasteiger partial charge in [-0.2, -0.15) is 0 Å². The molecular weight excluding hydrogens is 364 g/mol. The first kappa shape index (κ1) is 21.4. The van der Waals surface area contributed by atoms with Crippen LogP contribution in [0.3, 0.4) is 0 Å². The molecule has 0 unspecified atom stereocenters. The molecule has 1 aromatic rings. The van der Waals surface area contributed by atoms with Crippen molar-refractivity contribution in [3.63, 3.8) is 0 Å². The second kappa shape index (κ2) is 9.76. The van der Waals surface area contributed by atoms with Crippen molar-refractivity contribution in [2.75, 3.05) is 32.8 Å². The monoisotopic (exact) mass is 386 g/mol. The number of hydrogen-bond donors (Lipinski definition) is 2. The maximum atomic E-state index is 12.4. The summed E-state index contributed by atoms with van der Waals surface area (Å²) in [5, 5.41) is 4.71. The predicted octanol–water partition coefficient (Wildman–Crippen LogP) is -0.482. The third-order valence-electron chi connectivity index (χ3n) is 3.34. The van der Waals surface area contributed by atoms with Crippen LogP contribution in [0.15, 0.2) is 24.3 Å². The molecule has 0 radical (unpaired) electrons. The summed E-state index contributed by atoms with van der Waals surface area (Å²) in [6.45, 7) is -0.533. The fourth-order valence-electron chi connectivity index (χ4n) is 1.96. The van der Waals surface area contributed by atoms with E-state index in [1.54, 1.807) is 18.2 Å². The Morgan fingerprint density at radius 1 is 1.19 bits per heavy atom. The van der Waals surface area contributed by atoms with Gasteiger partial charge in [0.1, 0.15) is 21.6 Å². The molecule has 1 rings (SSSR count). The molecule has 0 saturated heterocycles. The number of benzene rings is 1. The van der Waals surface area contributed by atoms with Gasteiger partial charge in [-0.1, -0.05) is 12.1 Å². The number of amides is 2. The summed E-state index contributed by atoms with van der Waals surface area (Å²) in [5.41, 5.74) is 0.179. The van der Waals surface area contributed by atoms with Crippen molar-refractivity contribution in [3.8, 4) is 5.75 Å². The largest absolute Gasteiger partial charge is 0.496 e. The highest BCUT2D eigenvalue weighted by Gasteiger charge is 2.26. The molecule has 0 aromatic heterocycles. The minimum Gasteiger partial charge on any atom is -0.496 e. The van der Waals surface area contributed by atoms with E-state index in [1.165, 1.54) is 20.2 Å². The molecule has 144 valence electrons. The second-order valence-electron chi connectivity index (χ2n) is 5.43. The van der Waals surface area contributed by atoms with Crippen LogP contribution in [-0.2, 0) is 24.2 Å². The van der Waals surface area contributed by atoms with Crippen LogP contribution < -0.4 is 15.4 Å². The number of sulfone groups is 1. The average Bonchev–Trinajstić information content (AvgIpc) is 2.61. The molecule has 0 aliphatic carbocycles. The number of carbonyl (C=O) groups excluding carboxylic acids is 3. The first-order chi connectivity index (χ1) is 12.2. The number of likely N-dealkylation sites (N-methyl/N-ethyl adjacent to an activating group) is 1. The van der Waals surface area contributed by atoms with Gasteiger partial charge >= 0.3 is 5.97 Å². The molecule has 9 nitrogen and oxygen atoms in total. The zero-order valence-electron chi connectivity index (χ0n) is 14.8. The summed E-state index contributed by atoms with van der Waals surface area (Å²) in [6.07, 6.45) is 0.828. The molecule has 1 aromatic carbocycles. The van der Waals surface area contributed by atoms with Crippen molar-refractivity contribution < 1.29 is 32.3 Å². The third-order valence-corrected chi connectivity index (χ3v) is 4.32. The molecule has 0 bridgehead atoms. The van der Waals surface area contributed by atoms with Crippen molar-refractivity contribution in [1.29, 1.82) is 0 Å². The highest BCUT2D eigenvalue weighted by Crippen LogP contribution is 2.17. The van der Waals surface area contributed by atoms with E-state index in [-0.39, 0.29) is 17.7 Å². The second-order valence-corrected chi connectivity index (χ2v) is 7.69. The zero-order valence-corrected chi connectivity index (χ0v) is 15.6. The summed E-state index contributed by atoms with van der Waals surface area (Å²) in [6, 6.07) is 5.13. The Labute approximate surface area is 152 Å². The van der Waals surface area contributed by atoms with E-state index in [4.69, 9.17) is 9.47 Å². The van der Waals surface area contributed by atoms with Crippen molar-refractivity contribution in [2.24, 2.45) is 0 Å². The van der Waals surface area contributed by atoms with E-state index in [2.05, 4.69) is 10.6 Å². The van der Waals surface area contributed by atoms with E-state index < -0.39 is 40.3 Å². The molecule has 26 heavy (non-hydrogen) atoms. The van der Waals surface area contributed by atoms with Crippen molar-refractivity contribution in [1.82, 2.24) is 10.6 Å². The van der Waals surface area contributed by atoms with E-state index in [0.29, 0.717) is 5.75 Å². The number of ether oxygens (including phenoxy) is 2. The fourth-order valence-corrected chi connectivity index (χ4v) is 2.62. The first-order valence-corrected chi connectivity index (χ1v) is 9.72. The Morgan fingerprint density at radius 3 is 2.42 bits per heavy atom. The van der Waals surface area contributed by atoms with Crippen LogP contribution in [0.2, 0.25) is 0 Å². The molecule has 2 N–H and O–H groups in total. The molecule has 0 aliphatic rings. The van der Waals surface area contributed by atoms with Crippen molar-refractivity contribution in [3.05, 3.63) is 29.8 Å². The highest BCUT2D eigenvalue weighted by molar-refractivity contribution is 7.90. The normalized spacial score (nSPS) is 12.0. The minimum absolute atomic E-state index is 0.179. The van der Waals surface area contributed by atoms with Gasteiger partial charge in [-0.25, -0.2) is 13.2 Å². The molecule has 0 spiro atoms. The van der Waals surface area contributed by atoms with Gasteiger partial charge in [0.05, 0.1) is 18.4 Å². The SMILES string of the molecule is CNC(=O)COC(=O)[C@H](CCS(C)(=O)=O)NC(=O)c1ccccc1OC. The molecule has 0 saturated carbocycles. The van der Waals surface area contributed by atoms with Gasteiger partial charge in [-0.15, -0.1) is 0 Å². The molecule has 10 heteroatoms. The van der Waals surface area contributed by atoms with Gasteiger partial charge < -0.3 is 20.1 Å². The number of carbonyl (C=O) groups is 3. The van der Waals surface area contributed by atoms with Crippen LogP contribution >= 0.6 is 0 Å². The number of methoxy groups -OCH3 is 1. The lowest BCUT2D eigenvalue weighted by Gasteiger charge is -2.18. The smallest absolute Gasteiger partial charge is 0.329 e. The Kier molecular flexibility index (Phi) is 8.04. The lowest BCUT2D eigenvalue weighted by atomic mass is 10.1. The summed E-state index contributed by atoms with van der Waals surface area (Å²) in [5.74, 6) is -2.10. The maximum Gasteiger partial charge on any atom is 0.329 e. The highest BCUT2D eigenvalue weighted by atomic mass is 32.2. The summed E-state index contributed by atoms with van der Waals surface area (Å²) in [7, 11) is -0.595. The number of esters is 1. The van der Waals surface area contributed by atoms with Crippen molar-refractivity contribution in [2.45, 2.75) is 12.5 Å². The summed E-state index contributed by atoms with van der Waals surface area (Å²) < 4.78 is 32.7. The average molecular weight is 386 g/mol. The standard InChI is InChI=1S/C16H22N2O7S/c1-17-14(19)10-25-16(21)12(8-9-26(3,22)23)18-15(20)11-6-4-5-7-13(11)24-2/h4-7,12H,8-10H2,1-3H3,(H,17,19)(H,18,20)/t12-/m0/s1. The van der Waals surface area contributed by atoms with Gasteiger partial charge in [-0.3, -0.25) is 9.59 Å². The lowest BCUT2D eigenvalue weighted by Crippen LogP contribution is -2.44. The van der Waals surface area contributed by atoms with Gasteiger partial charge in [0, 0.05) is 13.3 Å². The molecule has 2 amide bonds. The zero-order chi connectivity index (χ0) is 19.7. The van der Waals surface area contributed by atoms with Crippen LogP contribution in [0.1, 0.15) is 16.8 Å². The maximum absolute atomic E-state index is 12.4. The van der Waals surface area contributed by atoms with Crippen LogP contribution in [-0.4, -0.2) is 65.0 Å². The first-order valence-electron chi connectivity index (χ1n) is 7.66. The molecule has 0 fully saturated rings. The van der Waals surface area contributed by atoms with E-state index in [0.717, 1.165) is 6.26 Å². The Bertz CT molecular complexity index is 762. The van der Waals surface area contributed by atoms with Crippen LogP contribution in [0.4, 0.5) is 0 Å². The summed E-state index contributed by atoms with van der Waals surface area (Å²) in [4.78, 5) is 35.8. The number of nitrogens with one attached hydrogen (secondary N) is 2. The van der Waals surface area contributed by atoms with Gasteiger partial charge in [0.15, 0.2) is 6.61 Å². The number of para-hydroxylation sites is 1. The van der Waals surface area contributed by atoms with Crippen LogP contribution in [0.5, 0.6) is 5.75 Å². The van der Waals surface area contributed by atoms with Gasteiger partial charge in [-0.05, 0) is 18.6 Å². The Morgan fingerprint density at radius 2 is 1.85 bits per heavy atom. The van der Waals surface area contributed by atoms with E-state index in [1.807, 2.05) is 0 Å². The van der Waals surface area contributed by atoms with Gasteiger partial charge in [0.25, 0.3) is 11.8 Å². The molecular formula is C16H22N2O7S. The number of rotatable bonds is 9. The van der Waals surface area contributed by atoms with Crippen molar-refractivity contribution >= 4 is 27.6 Å². The molecule has 0 aliphatic heterocycles. The molecule has 0 heterocycles. The third kappa shape index (κ3) is 7.09. The fraction of sp³-hybridized carbons (Fsp3) is 0.438. The van der Waals surface area contributed by atoms with Crippen LogP contribution in [0.25, 0.3) is 0 Å². The Balaban J connectivity index is 2.91. The quantitative estimate of drug-likeness (QED) is 0.549. The lowest BCUT2D eigenvalue weighted by molar-refractivity contribution is -0.150. The topological polar surface area (TPSA) is 128 Å². The Hall–Kier alpha value is -2.62. The number of hydrogen-bond acceptors (Lipinski definition) is 7. The summed E-state index contributed by atoms with van der Waals surface area (Å²) >= 11 is 0. The van der Waals surface area contributed by atoms with E-state index >= 15 is 0 Å². The minimum atomic E-state index is -3.36. The van der Waals surface area contributed by atoms with Gasteiger partial charge in [0.2, 0.25) is 0 Å². The van der Waals surface area contributed by atoms with Crippen LogP contribution in [0, 0.1) is 0 Å². The predicted molar refractivity (Wildman–Crippen MR) is 93.6 cm³/mol. The van der Waals surface area contributed by atoms with E-state index in [9.17, 15) is 22.8 Å².